The van der Waals surface area contributed by atoms with Crippen molar-refractivity contribution in [1.82, 2.24) is 9.32 Å². The fraction of sp³-hybridized carbons (Fsp3) is 0.462. The standard InChI is InChI=1S/C26H32ClN3O3/c1-25(2,3)15-20-26(18-12-7-8-13-19(18)28-24(26)32)21(16-10-9-11-17(14-16)33-6)22(30(20)27)23(31)29(4)5/h7-14,20-22H,15H2,1-6H3,(H,28,32)/t20-,21+,22-,26+/m1/s1. The maximum absolute atomic E-state index is 14.0. The molecule has 0 aliphatic carbocycles. The normalized spacial score (nSPS) is 26.9. The van der Waals surface area contributed by atoms with Gasteiger partial charge in [-0.1, -0.05) is 51.1 Å². The summed E-state index contributed by atoms with van der Waals surface area (Å²) in [5.74, 6) is -0.0851. The van der Waals surface area contributed by atoms with Crippen molar-refractivity contribution in [1.29, 1.82) is 0 Å². The Labute approximate surface area is 201 Å². The van der Waals surface area contributed by atoms with Gasteiger partial charge in [-0.25, -0.2) is 4.42 Å². The van der Waals surface area contributed by atoms with E-state index in [1.54, 1.807) is 30.5 Å². The molecule has 2 aromatic rings. The molecule has 2 heterocycles. The van der Waals surface area contributed by atoms with E-state index in [0.29, 0.717) is 12.2 Å². The molecule has 0 aromatic heterocycles. The van der Waals surface area contributed by atoms with E-state index >= 15 is 0 Å². The second-order valence-electron chi connectivity index (χ2n) is 10.4. The minimum atomic E-state index is -1.03. The van der Waals surface area contributed by atoms with Crippen LogP contribution in [0.1, 0.15) is 44.2 Å². The molecular weight excluding hydrogens is 438 g/mol. The minimum absolute atomic E-state index is 0.120. The number of amides is 2. The van der Waals surface area contributed by atoms with Gasteiger partial charge >= 0.3 is 0 Å². The highest BCUT2D eigenvalue weighted by molar-refractivity contribution is 6.18. The molecule has 2 amide bonds. The molecule has 0 saturated carbocycles. The van der Waals surface area contributed by atoms with Crippen LogP contribution in [0.3, 0.4) is 0 Å². The van der Waals surface area contributed by atoms with E-state index in [2.05, 4.69) is 26.1 Å². The van der Waals surface area contributed by atoms with Crippen LogP contribution in [0, 0.1) is 5.41 Å². The van der Waals surface area contributed by atoms with Crippen LogP contribution in [-0.4, -0.2) is 54.4 Å². The lowest BCUT2D eigenvalue weighted by Gasteiger charge is -2.38. The van der Waals surface area contributed by atoms with Crippen molar-refractivity contribution in [3.05, 3.63) is 59.7 Å². The lowest BCUT2D eigenvalue weighted by Crippen LogP contribution is -2.49. The number of likely N-dealkylation sites (N-methyl/N-ethyl adjacent to an activating group) is 1. The van der Waals surface area contributed by atoms with Crippen LogP contribution in [0.25, 0.3) is 0 Å². The first-order valence-corrected chi connectivity index (χ1v) is 11.6. The predicted molar refractivity (Wildman–Crippen MR) is 131 cm³/mol. The molecule has 1 spiro atoms. The van der Waals surface area contributed by atoms with E-state index < -0.39 is 23.4 Å². The van der Waals surface area contributed by atoms with E-state index in [1.165, 1.54) is 0 Å². The van der Waals surface area contributed by atoms with E-state index in [-0.39, 0.29) is 17.2 Å². The lowest BCUT2D eigenvalue weighted by atomic mass is 9.62. The maximum atomic E-state index is 14.0. The number of carbonyl (C=O) groups is 2. The van der Waals surface area contributed by atoms with Crippen LogP contribution < -0.4 is 10.1 Å². The van der Waals surface area contributed by atoms with Gasteiger partial charge in [0.1, 0.15) is 17.2 Å². The summed E-state index contributed by atoms with van der Waals surface area (Å²) in [5, 5.41) is 3.10. The number of halogens is 1. The van der Waals surface area contributed by atoms with Crippen LogP contribution >= 0.6 is 11.8 Å². The molecule has 2 aromatic carbocycles. The topological polar surface area (TPSA) is 61.9 Å². The monoisotopic (exact) mass is 469 g/mol. The fourth-order valence-electron chi connectivity index (χ4n) is 5.55. The molecule has 7 heteroatoms. The van der Waals surface area contributed by atoms with Gasteiger partial charge in [0, 0.05) is 31.7 Å². The minimum Gasteiger partial charge on any atom is -0.497 e. The fourth-order valence-corrected chi connectivity index (χ4v) is 5.97. The molecule has 0 radical (unpaired) electrons. The zero-order chi connectivity index (χ0) is 24.1. The number of methoxy groups -OCH3 is 1. The van der Waals surface area contributed by atoms with Gasteiger partial charge in [0.2, 0.25) is 11.8 Å². The summed E-state index contributed by atoms with van der Waals surface area (Å²) in [7, 11) is 5.06. The summed E-state index contributed by atoms with van der Waals surface area (Å²) in [6.07, 6.45) is 0.635. The number of hydrogen-bond donors (Lipinski definition) is 1. The second kappa shape index (κ2) is 8.33. The molecule has 176 valence electrons. The van der Waals surface area contributed by atoms with Gasteiger partial charge in [0.15, 0.2) is 0 Å². The number of ether oxygens (including phenoxy) is 1. The van der Waals surface area contributed by atoms with E-state index in [4.69, 9.17) is 16.5 Å². The summed E-state index contributed by atoms with van der Waals surface area (Å²) in [6, 6.07) is 14.3. The molecule has 1 fully saturated rings. The molecule has 4 rings (SSSR count). The first kappa shape index (κ1) is 23.6. The predicted octanol–water partition coefficient (Wildman–Crippen LogP) is 4.40. The number of nitrogens with zero attached hydrogens (tertiary/aromatic N) is 2. The van der Waals surface area contributed by atoms with Crippen molar-refractivity contribution in [3.8, 4) is 5.75 Å². The number of anilines is 1. The van der Waals surface area contributed by atoms with Crippen LogP contribution in [0.4, 0.5) is 5.69 Å². The molecule has 6 nitrogen and oxygen atoms in total. The molecular formula is C26H32ClN3O3. The summed E-state index contributed by atoms with van der Waals surface area (Å²) >= 11 is 7.08. The van der Waals surface area contributed by atoms with Gasteiger partial charge in [-0.2, -0.15) is 0 Å². The first-order chi connectivity index (χ1) is 15.5. The number of hydrogen-bond acceptors (Lipinski definition) is 4. The molecule has 0 bridgehead atoms. The Morgan fingerprint density at radius 2 is 1.88 bits per heavy atom. The van der Waals surface area contributed by atoms with Crippen LogP contribution in [0.15, 0.2) is 48.5 Å². The number of rotatable bonds is 4. The number of para-hydroxylation sites is 1. The van der Waals surface area contributed by atoms with Gasteiger partial charge in [0.25, 0.3) is 0 Å². The zero-order valence-corrected chi connectivity index (χ0v) is 20.8. The van der Waals surface area contributed by atoms with E-state index in [9.17, 15) is 9.59 Å². The van der Waals surface area contributed by atoms with Crippen molar-refractivity contribution in [3.63, 3.8) is 0 Å². The number of carbonyl (C=O) groups excluding carboxylic acids is 2. The molecule has 4 atom stereocenters. The molecule has 1 saturated heterocycles. The summed E-state index contributed by atoms with van der Waals surface area (Å²) in [5.41, 5.74) is 1.35. The van der Waals surface area contributed by atoms with E-state index in [0.717, 1.165) is 16.8 Å². The van der Waals surface area contributed by atoms with Crippen molar-refractivity contribution in [2.75, 3.05) is 26.5 Å². The average Bonchev–Trinajstić information content (AvgIpc) is 3.19. The Balaban J connectivity index is 2.05. The van der Waals surface area contributed by atoms with Gasteiger partial charge in [-0.15, -0.1) is 0 Å². The maximum Gasteiger partial charge on any atom is 0.241 e. The van der Waals surface area contributed by atoms with Gasteiger partial charge in [0.05, 0.1) is 7.11 Å². The molecule has 33 heavy (non-hydrogen) atoms. The average molecular weight is 470 g/mol. The molecule has 1 N–H and O–H groups in total. The number of fused-ring (bicyclic) bond motifs is 2. The van der Waals surface area contributed by atoms with Crippen molar-refractivity contribution in [2.24, 2.45) is 5.41 Å². The van der Waals surface area contributed by atoms with Crippen molar-refractivity contribution < 1.29 is 14.3 Å². The Morgan fingerprint density at radius 1 is 1.18 bits per heavy atom. The molecule has 2 aliphatic heterocycles. The van der Waals surface area contributed by atoms with E-state index in [1.807, 2.05) is 48.5 Å². The third-order valence-corrected chi connectivity index (χ3v) is 7.29. The highest BCUT2D eigenvalue weighted by Gasteiger charge is 2.69. The highest BCUT2D eigenvalue weighted by atomic mass is 35.5. The van der Waals surface area contributed by atoms with Gasteiger partial charge in [-0.3, -0.25) is 9.59 Å². The quantitative estimate of drug-likeness (QED) is 0.674. The number of nitrogens with one attached hydrogen (secondary N) is 1. The third kappa shape index (κ3) is 3.69. The largest absolute Gasteiger partial charge is 0.497 e. The smallest absolute Gasteiger partial charge is 0.241 e. The zero-order valence-electron chi connectivity index (χ0n) is 20.1. The van der Waals surface area contributed by atoms with Crippen molar-refractivity contribution in [2.45, 2.75) is 50.6 Å². The lowest BCUT2D eigenvalue weighted by molar-refractivity contribution is -0.132. The Morgan fingerprint density at radius 3 is 2.52 bits per heavy atom. The Hall–Kier alpha value is -2.57. The van der Waals surface area contributed by atoms with Crippen LogP contribution in [-0.2, 0) is 15.0 Å². The molecule has 2 aliphatic rings. The van der Waals surface area contributed by atoms with Gasteiger partial charge in [-0.05, 0) is 52.9 Å². The van der Waals surface area contributed by atoms with Crippen LogP contribution in [0.2, 0.25) is 0 Å². The summed E-state index contributed by atoms with van der Waals surface area (Å²) in [4.78, 5) is 29.2. The summed E-state index contributed by atoms with van der Waals surface area (Å²) in [6.45, 7) is 6.39. The highest BCUT2D eigenvalue weighted by Crippen LogP contribution is 2.60. The first-order valence-electron chi connectivity index (χ1n) is 11.2. The van der Waals surface area contributed by atoms with Crippen LogP contribution in [0.5, 0.6) is 5.75 Å². The number of benzene rings is 2. The third-order valence-electron chi connectivity index (χ3n) is 6.84. The molecule has 0 unspecified atom stereocenters. The van der Waals surface area contributed by atoms with Crippen molar-refractivity contribution >= 4 is 29.3 Å². The summed E-state index contributed by atoms with van der Waals surface area (Å²) < 4.78 is 7.12. The second-order valence-corrected chi connectivity index (χ2v) is 10.8. The van der Waals surface area contributed by atoms with Gasteiger partial charge < -0.3 is 15.0 Å². The Bertz CT molecular complexity index is 1080. The SMILES string of the molecule is COc1cccc([C@H]2[C@H](C(=O)N(C)C)N(Cl)[C@H](CC(C)(C)C)[C@]23C(=O)Nc2ccccc23)c1. The Kier molecular flexibility index (Phi) is 5.95.